The lowest BCUT2D eigenvalue weighted by atomic mass is 10.2. The van der Waals surface area contributed by atoms with Crippen LogP contribution in [0.5, 0.6) is 11.5 Å². The third-order valence-corrected chi connectivity index (χ3v) is 4.79. The van der Waals surface area contributed by atoms with Crippen LogP contribution in [0.3, 0.4) is 0 Å². The molecular formula is C22H21NO4S. The van der Waals surface area contributed by atoms with Crippen LogP contribution in [-0.4, -0.2) is 24.7 Å². The minimum atomic E-state index is -0.464. The van der Waals surface area contributed by atoms with Gasteiger partial charge in [-0.3, -0.25) is 0 Å². The molecule has 0 N–H and O–H groups in total. The molecule has 144 valence electrons. The molecule has 0 saturated carbocycles. The molecule has 0 saturated heterocycles. The number of rotatable bonds is 8. The summed E-state index contributed by atoms with van der Waals surface area (Å²) >= 11 is 1.52. The second kappa shape index (κ2) is 9.71. The van der Waals surface area contributed by atoms with E-state index in [0.29, 0.717) is 17.2 Å². The normalized spacial score (nSPS) is 10.8. The number of benzene rings is 2. The van der Waals surface area contributed by atoms with Crippen molar-refractivity contribution in [1.82, 2.24) is 4.98 Å². The Morgan fingerprint density at radius 3 is 2.71 bits per heavy atom. The smallest absolute Gasteiger partial charge is 0.344 e. The monoisotopic (exact) mass is 395 g/mol. The number of carbonyl (C=O) groups is 1. The summed E-state index contributed by atoms with van der Waals surface area (Å²) in [5.74, 6) is 0.594. The number of allylic oxidation sites excluding steroid dienone is 1. The summed E-state index contributed by atoms with van der Waals surface area (Å²) in [4.78, 5) is 16.5. The van der Waals surface area contributed by atoms with Crippen LogP contribution in [0.2, 0.25) is 0 Å². The number of ether oxygens (including phenoxy) is 3. The molecule has 0 aliphatic rings. The SMILES string of the molecule is C/C=C/c1ccc(OCC(=O)OCc2csc(-c3ccccc3)n2)c(OC)c1. The van der Waals surface area contributed by atoms with Crippen molar-refractivity contribution in [2.45, 2.75) is 13.5 Å². The zero-order valence-corrected chi connectivity index (χ0v) is 16.6. The molecule has 0 fully saturated rings. The summed E-state index contributed by atoms with van der Waals surface area (Å²) in [6, 6.07) is 15.4. The van der Waals surface area contributed by atoms with Crippen molar-refractivity contribution in [3.05, 3.63) is 71.2 Å². The topological polar surface area (TPSA) is 57.7 Å². The highest BCUT2D eigenvalue weighted by molar-refractivity contribution is 7.13. The maximum atomic E-state index is 12.0. The molecule has 2 aromatic carbocycles. The molecule has 0 bridgehead atoms. The Labute approximate surface area is 168 Å². The molecule has 1 heterocycles. The minimum absolute atomic E-state index is 0.114. The zero-order chi connectivity index (χ0) is 19.8. The molecule has 0 radical (unpaired) electrons. The zero-order valence-electron chi connectivity index (χ0n) is 15.8. The van der Waals surface area contributed by atoms with Gasteiger partial charge in [-0.25, -0.2) is 9.78 Å². The quantitative estimate of drug-likeness (QED) is 0.504. The third kappa shape index (κ3) is 5.20. The standard InChI is InChI=1S/C22H21NO4S/c1-3-7-16-10-11-19(20(12-16)25-2)26-14-21(24)27-13-18-15-28-22(23-18)17-8-5-4-6-9-17/h3-12,15H,13-14H2,1-2H3/b7-3+. The van der Waals surface area contributed by atoms with Gasteiger partial charge >= 0.3 is 5.97 Å². The van der Waals surface area contributed by atoms with E-state index in [4.69, 9.17) is 14.2 Å². The molecule has 0 amide bonds. The van der Waals surface area contributed by atoms with Gasteiger partial charge < -0.3 is 14.2 Å². The van der Waals surface area contributed by atoms with Gasteiger partial charge in [0, 0.05) is 10.9 Å². The summed E-state index contributed by atoms with van der Waals surface area (Å²) in [6.45, 7) is 1.86. The van der Waals surface area contributed by atoms with Crippen LogP contribution in [-0.2, 0) is 16.1 Å². The Hall–Kier alpha value is -3.12. The Kier molecular flexibility index (Phi) is 6.81. The van der Waals surface area contributed by atoms with Crippen molar-refractivity contribution >= 4 is 23.4 Å². The van der Waals surface area contributed by atoms with E-state index in [1.54, 1.807) is 13.2 Å². The van der Waals surface area contributed by atoms with E-state index < -0.39 is 5.97 Å². The average molecular weight is 395 g/mol. The fourth-order valence-corrected chi connectivity index (χ4v) is 3.33. The first-order valence-electron chi connectivity index (χ1n) is 8.78. The van der Waals surface area contributed by atoms with Crippen molar-refractivity contribution < 1.29 is 19.0 Å². The fourth-order valence-electron chi connectivity index (χ4n) is 2.52. The molecule has 0 aliphatic carbocycles. The summed E-state index contributed by atoms with van der Waals surface area (Å²) < 4.78 is 16.1. The van der Waals surface area contributed by atoms with Gasteiger partial charge in [-0.1, -0.05) is 48.6 Å². The van der Waals surface area contributed by atoms with Crippen molar-refractivity contribution in [3.8, 4) is 22.1 Å². The molecule has 0 spiro atoms. The first-order valence-corrected chi connectivity index (χ1v) is 9.66. The predicted molar refractivity (Wildman–Crippen MR) is 111 cm³/mol. The summed E-state index contributed by atoms with van der Waals surface area (Å²) in [7, 11) is 1.56. The van der Waals surface area contributed by atoms with Crippen LogP contribution < -0.4 is 9.47 Å². The fraction of sp³-hybridized carbons (Fsp3) is 0.182. The molecule has 6 heteroatoms. The van der Waals surface area contributed by atoms with Gasteiger partial charge in [0.25, 0.3) is 0 Å². The van der Waals surface area contributed by atoms with E-state index in [2.05, 4.69) is 4.98 Å². The van der Waals surface area contributed by atoms with Gasteiger partial charge in [0.2, 0.25) is 0 Å². The van der Waals surface area contributed by atoms with Crippen molar-refractivity contribution in [1.29, 1.82) is 0 Å². The molecular weight excluding hydrogens is 374 g/mol. The second-order valence-electron chi connectivity index (χ2n) is 5.87. The number of aromatic nitrogens is 1. The van der Waals surface area contributed by atoms with E-state index in [0.717, 1.165) is 16.1 Å². The number of methoxy groups -OCH3 is 1. The molecule has 3 aromatic rings. The number of hydrogen-bond donors (Lipinski definition) is 0. The van der Waals surface area contributed by atoms with E-state index in [9.17, 15) is 4.79 Å². The number of nitrogens with zero attached hydrogens (tertiary/aromatic N) is 1. The highest BCUT2D eigenvalue weighted by Gasteiger charge is 2.11. The number of carbonyl (C=O) groups excluding carboxylic acids is 1. The Balaban J connectivity index is 1.52. The van der Waals surface area contributed by atoms with Gasteiger partial charge in [0.05, 0.1) is 12.8 Å². The number of esters is 1. The van der Waals surface area contributed by atoms with Crippen LogP contribution in [0, 0.1) is 0 Å². The van der Waals surface area contributed by atoms with Crippen LogP contribution in [0.1, 0.15) is 18.2 Å². The average Bonchev–Trinajstić information content (AvgIpc) is 3.21. The highest BCUT2D eigenvalue weighted by Crippen LogP contribution is 2.28. The Morgan fingerprint density at radius 1 is 1.14 bits per heavy atom. The third-order valence-electron chi connectivity index (χ3n) is 3.85. The van der Waals surface area contributed by atoms with Gasteiger partial charge in [-0.2, -0.15) is 0 Å². The maximum absolute atomic E-state index is 12.0. The van der Waals surface area contributed by atoms with E-state index >= 15 is 0 Å². The lowest BCUT2D eigenvalue weighted by Crippen LogP contribution is -2.15. The van der Waals surface area contributed by atoms with Gasteiger partial charge in [0.1, 0.15) is 11.6 Å². The number of hydrogen-bond acceptors (Lipinski definition) is 6. The van der Waals surface area contributed by atoms with E-state index in [1.807, 2.05) is 66.9 Å². The lowest BCUT2D eigenvalue weighted by Gasteiger charge is -2.11. The van der Waals surface area contributed by atoms with Gasteiger partial charge in [-0.15, -0.1) is 11.3 Å². The largest absolute Gasteiger partial charge is 0.493 e. The van der Waals surface area contributed by atoms with Crippen LogP contribution in [0.25, 0.3) is 16.6 Å². The molecule has 1 aromatic heterocycles. The van der Waals surface area contributed by atoms with Crippen molar-refractivity contribution in [2.75, 3.05) is 13.7 Å². The molecule has 0 aliphatic heterocycles. The van der Waals surface area contributed by atoms with Gasteiger partial charge in [0.15, 0.2) is 18.1 Å². The molecule has 5 nitrogen and oxygen atoms in total. The minimum Gasteiger partial charge on any atom is -0.493 e. The number of thiazole rings is 1. The Morgan fingerprint density at radius 2 is 1.96 bits per heavy atom. The summed E-state index contributed by atoms with van der Waals surface area (Å²) in [5.41, 5.74) is 2.75. The first-order chi connectivity index (χ1) is 13.7. The predicted octanol–water partition coefficient (Wildman–Crippen LogP) is 4.97. The van der Waals surface area contributed by atoms with Crippen molar-refractivity contribution in [3.63, 3.8) is 0 Å². The van der Waals surface area contributed by atoms with Gasteiger partial charge in [-0.05, 0) is 24.6 Å². The molecule has 3 rings (SSSR count). The molecule has 0 atom stereocenters. The Bertz CT molecular complexity index is 950. The van der Waals surface area contributed by atoms with Crippen LogP contribution in [0.4, 0.5) is 0 Å². The molecule has 28 heavy (non-hydrogen) atoms. The second-order valence-corrected chi connectivity index (χ2v) is 6.73. The van der Waals surface area contributed by atoms with Crippen LogP contribution >= 0.6 is 11.3 Å². The molecule has 0 unspecified atom stereocenters. The summed E-state index contributed by atoms with van der Waals surface area (Å²) in [6.07, 6.45) is 3.90. The first kappa shape index (κ1) is 19.6. The van der Waals surface area contributed by atoms with Crippen LogP contribution in [0.15, 0.2) is 60.0 Å². The maximum Gasteiger partial charge on any atom is 0.344 e. The van der Waals surface area contributed by atoms with E-state index in [1.165, 1.54) is 11.3 Å². The summed E-state index contributed by atoms with van der Waals surface area (Å²) in [5, 5.41) is 2.79. The lowest BCUT2D eigenvalue weighted by molar-refractivity contribution is -0.147. The highest BCUT2D eigenvalue weighted by atomic mass is 32.1. The van der Waals surface area contributed by atoms with Crippen molar-refractivity contribution in [2.24, 2.45) is 0 Å². The van der Waals surface area contributed by atoms with E-state index in [-0.39, 0.29) is 13.2 Å².